The molecule has 1 aliphatic rings. The van der Waals surface area contributed by atoms with E-state index in [0.717, 1.165) is 23.9 Å². The van der Waals surface area contributed by atoms with E-state index in [1.54, 1.807) is 13.0 Å². The van der Waals surface area contributed by atoms with Crippen LogP contribution in [-0.2, 0) is 15.2 Å². The van der Waals surface area contributed by atoms with E-state index < -0.39 is 24.2 Å². The van der Waals surface area contributed by atoms with Gasteiger partial charge in [0.05, 0.1) is 17.9 Å². The van der Waals surface area contributed by atoms with Crippen LogP contribution >= 0.6 is 35.0 Å². The van der Waals surface area contributed by atoms with Crippen LogP contribution in [0.4, 0.5) is 13.2 Å². The second-order valence-electron chi connectivity index (χ2n) is 6.31. The van der Waals surface area contributed by atoms with Crippen molar-refractivity contribution in [3.05, 3.63) is 57.3 Å². The first-order valence-electron chi connectivity index (χ1n) is 8.12. The quantitative estimate of drug-likeness (QED) is 0.595. The molecule has 0 spiro atoms. The highest BCUT2D eigenvalue weighted by Gasteiger charge is 2.62. The van der Waals surface area contributed by atoms with Crippen molar-refractivity contribution in [2.45, 2.75) is 30.0 Å². The molecule has 0 radical (unpaired) electrons. The molecule has 1 unspecified atom stereocenters. The number of nitrogens with zero attached hydrogens (tertiary/aromatic N) is 2. The molecule has 29 heavy (non-hydrogen) atoms. The number of aromatic nitrogens is 1. The van der Waals surface area contributed by atoms with E-state index in [-0.39, 0.29) is 32.8 Å². The van der Waals surface area contributed by atoms with Gasteiger partial charge in [-0.3, -0.25) is 9.78 Å². The molecule has 0 bridgehead atoms. The summed E-state index contributed by atoms with van der Waals surface area (Å²) < 4.78 is 42.0. The molecule has 1 aliphatic heterocycles. The number of hydrogen-bond acceptors (Lipinski definition) is 5. The summed E-state index contributed by atoms with van der Waals surface area (Å²) in [7, 11) is 0. The molecule has 0 amide bonds. The molecule has 1 N–H and O–H groups in total. The van der Waals surface area contributed by atoms with E-state index in [1.807, 2.05) is 0 Å². The highest BCUT2D eigenvalue weighted by Crippen LogP contribution is 2.49. The molecule has 5 nitrogen and oxygen atoms in total. The fourth-order valence-electron chi connectivity index (χ4n) is 2.82. The predicted octanol–water partition coefficient (Wildman–Crippen LogP) is 5.46. The van der Waals surface area contributed by atoms with Gasteiger partial charge in [-0.15, -0.1) is 11.8 Å². The number of pyridine rings is 1. The van der Waals surface area contributed by atoms with Crippen LogP contribution in [0, 0.1) is 6.92 Å². The number of rotatable bonds is 5. The van der Waals surface area contributed by atoms with Gasteiger partial charge in [0, 0.05) is 26.7 Å². The number of thioether (sulfide) groups is 1. The molecule has 11 heteroatoms. The van der Waals surface area contributed by atoms with Gasteiger partial charge in [-0.1, -0.05) is 28.4 Å². The van der Waals surface area contributed by atoms with Gasteiger partial charge < -0.3 is 9.94 Å². The lowest BCUT2D eigenvalue weighted by Crippen LogP contribution is -2.42. The molecular formula is C18H13Cl2F3N2O3S. The summed E-state index contributed by atoms with van der Waals surface area (Å²) in [6, 6.07) is 5.16. The second-order valence-corrected chi connectivity index (χ2v) is 8.20. The number of aliphatic carboxylic acids is 1. The van der Waals surface area contributed by atoms with Crippen LogP contribution in [0.1, 0.15) is 23.2 Å². The molecule has 0 saturated heterocycles. The first kappa shape index (κ1) is 21.7. The van der Waals surface area contributed by atoms with Gasteiger partial charge in [0.15, 0.2) is 0 Å². The van der Waals surface area contributed by atoms with Crippen LogP contribution in [0.3, 0.4) is 0 Å². The minimum atomic E-state index is -4.79. The molecule has 1 aromatic heterocycles. The zero-order valence-corrected chi connectivity index (χ0v) is 17.1. The third-order valence-electron chi connectivity index (χ3n) is 4.22. The number of carboxylic acid groups (broad SMARTS) is 1. The SMILES string of the molecule is Cc1cc(C2=NOC(c3cc(Cl)cc(Cl)c3)(C(F)(F)F)C2)ncc1SCC(=O)O. The molecular weight excluding hydrogens is 452 g/mol. The molecule has 1 aromatic carbocycles. The average molecular weight is 465 g/mol. The number of hydrogen-bond donors (Lipinski definition) is 1. The van der Waals surface area contributed by atoms with Crippen molar-refractivity contribution >= 4 is 46.6 Å². The summed E-state index contributed by atoms with van der Waals surface area (Å²) in [5.74, 6) is -1.14. The maximum Gasteiger partial charge on any atom is 0.435 e. The average Bonchev–Trinajstić information content (AvgIpc) is 3.06. The van der Waals surface area contributed by atoms with Gasteiger partial charge in [0.25, 0.3) is 5.60 Å². The second kappa shape index (κ2) is 8.04. The maximum atomic E-state index is 14.0. The first-order valence-corrected chi connectivity index (χ1v) is 9.86. The molecule has 0 saturated carbocycles. The van der Waals surface area contributed by atoms with E-state index in [2.05, 4.69) is 10.1 Å². The Hall–Kier alpha value is -1.97. The van der Waals surface area contributed by atoms with E-state index >= 15 is 0 Å². The number of benzene rings is 1. The zero-order chi connectivity index (χ0) is 21.4. The normalized spacial score (nSPS) is 19.0. The van der Waals surface area contributed by atoms with Gasteiger partial charge in [-0.2, -0.15) is 13.2 Å². The number of aryl methyl sites for hydroxylation is 1. The topological polar surface area (TPSA) is 71.8 Å². The summed E-state index contributed by atoms with van der Waals surface area (Å²) in [4.78, 5) is 20.4. The minimum absolute atomic E-state index is 0.0105. The summed E-state index contributed by atoms with van der Waals surface area (Å²) in [6.45, 7) is 1.71. The van der Waals surface area contributed by atoms with Crippen molar-refractivity contribution in [2.75, 3.05) is 5.75 Å². The van der Waals surface area contributed by atoms with Crippen LogP contribution in [-0.4, -0.2) is 33.7 Å². The van der Waals surface area contributed by atoms with Crippen LogP contribution in [0.5, 0.6) is 0 Å². The molecule has 2 heterocycles. The number of carbonyl (C=O) groups is 1. The van der Waals surface area contributed by atoms with Gasteiger partial charge in [-0.25, -0.2) is 0 Å². The summed E-state index contributed by atoms with van der Waals surface area (Å²) in [5, 5.41) is 12.5. The Labute approximate surface area is 177 Å². The Kier molecular flexibility index (Phi) is 6.03. The Morgan fingerprint density at radius 2 is 1.93 bits per heavy atom. The summed E-state index contributed by atoms with van der Waals surface area (Å²) in [6.07, 6.45) is -4.00. The fourth-order valence-corrected chi connectivity index (χ4v) is 4.04. The molecule has 154 valence electrons. The minimum Gasteiger partial charge on any atom is -0.481 e. The van der Waals surface area contributed by atoms with Crippen molar-refractivity contribution in [3.8, 4) is 0 Å². The van der Waals surface area contributed by atoms with Gasteiger partial charge in [0.1, 0.15) is 5.71 Å². The molecule has 0 fully saturated rings. The van der Waals surface area contributed by atoms with Crippen molar-refractivity contribution in [2.24, 2.45) is 5.16 Å². The van der Waals surface area contributed by atoms with Crippen molar-refractivity contribution in [1.82, 2.24) is 4.98 Å². The number of halogens is 5. The zero-order valence-electron chi connectivity index (χ0n) is 14.8. The van der Waals surface area contributed by atoms with Crippen molar-refractivity contribution in [1.29, 1.82) is 0 Å². The third kappa shape index (κ3) is 4.46. The Bertz CT molecular complexity index is 981. The van der Waals surface area contributed by atoms with Crippen molar-refractivity contribution in [3.63, 3.8) is 0 Å². The summed E-state index contributed by atoms with van der Waals surface area (Å²) >= 11 is 12.8. The molecule has 2 aromatic rings. The maximum absolute atomic E-state index is 14.0. The van der Waals surface area contributed by atoms with Crippen LogP contribution < -0.4 is 0 Å². The van der Waals surface area contributed by atoms with Crippen LogP contribution in [0.2, 0.25) is 10.0 Å². The van der Waals surface area contributed by atoms with Gasteiger partial charge >= 0.3 is 12.1 Å². The number of carboxylic acids is 1. The Morgan fingerprint density at radius 3 is 2.48 bits per heavy atom. The highest BCUT2D eigenvalue weighted by atomic mass is 35.5. The lowest BCUT2D eigenvalue weighted by Gasteiger charge is -2.29. The van der Waals surface area contributed by atoms with E-state index in [1.165, 1.54) is 12.3 Å². The molecule has 0 aliphatic carbocycles. The van der Waals surface area contributed by atoms with Crippen molar-refractivity contribution < 1.29 is 27.9 Å². The lowest BCUT2D eigenvalue weighted by atomic mass is 9.87. The Morgan fingerprint density at radius 1 is 1.28 bits per heavy atom. The number of oxime groups is 1. The number of alkyl halides is 3. The monoisotopic (exact) mass is 464 g/mol. The van der Waals surface area contributed by atoms with Crippen LogP contribution in [0.25, 0.3) is 0 Å². The lowest BCUT2D eigenvalue weighted by molar-refractivity contribution is -0.275. The third-order valence-corrected chi connectivity index (χ3v) is 5.79. The molecule has 1 atom stereocenters. The first-order chi connectivity index (χ1) is 13.5. The van der Waals surface area contributed by atoms with Crippen LogP contribution in [0.15, 0.2) is 40.5 Å². The smallest absolute Gasteiger partial charge is 0.435 e. The summed E-state index contributed by atoms with van der Waals surface area (Å²) in [5.41, 5.74) is -2.10. The standard InChI is InChI=1S/C18H13Cl2F3N2O3S/c1-9-2-13(24-7-15(9)29-8-16(26)27)14-6-17(28-25-14,18(21,22)23)10-3-11(19)5-12(20)4-10/h2-5,7H,6,8H2,1H3,(H,26,27). The van der Waals surface area contributed by atoms with Gasteiger partial charge in [-0.05, 0) is 36.8 Å². The van der Waals surface area contributed by atoms with Gasteiger partial charge in [0.2, 0.25) is 0 Å². The Balaban J connectivity index is 1.93. The predicted molar refractivity (Wildman–Crippen MR) is 104 cm³/mol. The largest absolute Gasteiger partial charge is 0.481 e. The fraction of sp³-hybridized carbons (Fsp3) is 0.278. The molecule has 3 rings (SSSR count). The van der Waals surface area contributed by atoms with E-state index in [9.17, 15) is 18.0 Å². The van der Waals surface area contributed by atoms with E-state index in [0.29, 0.717) is 10.5 Å². The van der Waals surface area contributed by atoms with E-state index in [4.69, 9.17) is 33.1 Å². The highest BCUT2D eigenvalue weighted by molar-refractivity contribution is 8.00.